The molecule has 0 aliphatic rings. The standard InChI is InChI=1S/C13H7F3N2O/c14-13(15,16)9-1-2-10(12(19)6-9)11-5-8(7-17)3-4-18-11/h1-6,19H. The van der Waals surface area contributed by atoms with Crippen molar-refractivity contribution in [3.8, 4) is 23.1 Å². The van der Waals surface area contributed by atoms with Crippen molar-refractivity contribution >= 4 is 0 Å². The van der Waals surface area contributed by atoms with Crippen LogP contribution in [-0.2, 0) is 6.18 Å². The number of halogens is 3. The number of hydrogen-bond donors (Lipinski definition) is 1. The smallest absolute Gasteiger partial charge is 0.416 e. The third-order valence-electron chi connectivity index (χ3n) is 2.49. The maximum absolute atomic E-state index is 12.5. The fourth-order valence-electron chi connectivity index (χ4n) is 1.57. The van der Waals surface area contributed by atoms with Crippen LogP contribution in [0.25, 0.3) is 11.3 Å². The average Bonchev–Trinajstić information content (AvgIpc) is 2.37. The van der Waals surface area contributed by atoms with Crippen LogP contribution < -0.4 is 0 Å². The predicted octanol–water partition coefficient (Wildman–Crippen LogP) is 3.34. The molecule has 0 unspecified atom stereocenters. The van der Waals surface area contributed by atoms with Crippen LogP contribution in [0.1, 0.15) is 11.1 Å². The van der Waals surface area contributed by atoms with Crippen molar-refractivity contribution in [1.82, 2.24) is 4.98 Å². The highest BCUT2D eigenvalue weighted by Gasteiger charge is 2.31. The molecule has 0 saturated carbocycles. The summed E-state index contributed by atoms with van der Waals surface area (Å²) in [5.74, 6) is -0.530. The van der Waals surface area contributed by atoms with Gasteiger partial charge >= 0.3 is 6.18 Å². The van der Waals surface area contributed by atoms with E-state index in [9.17, 15) is 18.3 Å². The van der Waals surface area contributed by atoms with Gasteiger partial charge < -0.3 is 5.11 Å². The molecule has 1 aromatic heterocycles. The van der Waals surface area contributed by atoms with Crippen molar-refractivity contribution in [2.24, 2.45) is 0 Å². The van der Waals surface area contributed by atoms with Crippen LogP contribution in [0.5, 0.6) is 5.75 Å². The van der Waals surface area contributed by atoms with E-state index in [1.807, 2.05) is 6.07 Å². The maximum atomic E-state index is 12.5. The number of benzene rings is 1. The lowest BCUT2D eigenvalue weighted by Crippen LogP contribution is -2.04. The van der Waals surface area contributed by atoms with Crippen molar-refractivity contribution in [3.63, 3.8) is 0 Å². The Bertz CT molecular complexity index is 660. The molecule has 1 heterocycles. The second kappa shape index (κ2) is 4.61. The quantitative estimate of drug-likeness (QED) is 0.859. The topological polar surface area (TPSA) is 56.9 Å². The first-order chi connectivity index (χ1) is 8.91. The summed E-state index contributed by atoms with van der Waals surface area (Å²) in [5.41, 5.74) is -0.245. The Morgan fingerprint density at radius 2 is 1.89 bits per heavy atom. The highest BCUT2D eigenvalue weighted by molar-refractivity contribution is 5.68. The van der Waals surface area contributed by atoms with E-state index >= 15 is 0 Å². The summed E-state index contributed by atoms with van der Waals surface area (Å²) in [7, 11) is 0. The minimum Gasteiger partial charge on any atom is -0.507 e. The van der Waals surface area contributed by atoms with Gasteiger partial charge in [0.15, 0.2) is 0 Å². The van der Waals surface area contributed by atoms with Gasteiger partial charge in [0.25, 0.3) is 0 Å². The number of aromatic hydroxyl groups is 1. The number of hydrogen-bond acceptors (Lipinski definition) is 3. The molecule has 96 valence electrons. The Balaban J connectivity index is 2.50. The Morgan fingerprint density at radius 3 is 2.47 bits per heavy atom. The summed E-state index contributed by atoms with van der Waals surface area (Å²) in [6, 6.07) is 7.36. The molecule has 0 aliphatic carbocycles. The molecule has 1 N–H and O–H groups in total. The summed E-state index contributed by atoms with van der Waals surface area (Å²) in [5, 5.41) is 18.4. The van der Waals surface area contributed by atoms with Crippen LogP contribution in [-0.4, -0.2) is 10.1 Å². The van der Waals surface area contributed by atoms with Gasteiger partial charge in [-0.15, -0.1) is 0 Å². The maximum Gasteiger partial charge on any atom is 0.416 e. The number of nitrogens with zero attached hydrogens (tertiary/aromatic N) is 2. The number of aromatic nitrogens is 1. The van der Waals surface area contributed by atoms with E-state index in [2.05, 4.69) is 4.98 Å². The summed E-state index contributed by atoms with van der Waals surface area (Å²) >= 11 is 0. The Labute approximate surface area is 106 Å². The first kappa shape index (κ1) is 12.9. The lowest BCUT2D eigenvalue weighted by Gasteiger charge is -2.09. The first-order valence-electron chi connectivity index (χ1n) is 5.18. The van der Waals surface area contributed by atoms with Crippen molar-refractivity contribution in [2.45, 2.75) is 6.18 Å². The van der Waals surface area contributed by atoms with Gasteiger partial charge in [0.05, 0.1) is 22.9 Å². The lowest BCUT2D eigenvalue weighted by molar-refractivity contribution is -0.137. The highest BCUT2D eigenvalue weighted by Crippen LogP contribution is 2.35. The fraction of sp³-hybridized carbons (Fsp3) is 0.0769. The Morgan fingerprint density at radius 1 is 1.16 bits per heavy atom. The van der Waals surface area contributed by atoms with Crippen LogP contribution in [0.4, 0.5) is 13.2 Å². The van der Waals surface area contributed by atoms with Crippen LogP contribution in [0.15, 0.2) is 36.5 Å². The molecular weight excluding hydrogens is 257 g/mol. The number of phenolic OH excluding ortho intramolecular Hbond substituents is 1. The molecule has 0 amide bonds. The zero-order chi connectivity index (χ0) is 14.0. The minimum atomic E-state index is -4.52. The molecule has 2 aromatic rings. The summed E-state index contributed by atoms with van der Waals surface area (Å²) in [6.45, 7) is 0. The van der Waals surface area contributed by atoms with E-state index in [1.165, 1.54) is 18.3 Å². The molecule has 1 aromatic carbocycles. The summed E-state index contributed by atoms with van der Waals surface area (Å²) in [4.78, 5) is 3.92. The monoisotopic (exact) mass is 264 g/mol. The minimum absolute atomic E-state index is 0.144. The Kier molecular flexibility index (Phi) is 3.13. The molecule has 0 aliphatic heterocycles. The fourth-order valence-corrected chi connectivity index (χ4v) is 1.57. The molecular formula is C13H7F3N2O. The zero-order valence-corrected chi connectivity index (χ0v) is 9.44. The van der Waals surface area contributed by atoms with E-state index < -0.39 is 17.5 Å². The number of nitriles is 1. The van der Waals surface area contributed by atoms with Gasteiger partial charge in [-0.2, -0.15) is 18.4 Å². The average molecular weight is 264 g/mol. The number of pyridine rings is 1. The van der Waals surface area contributed by atoms with Gasteiger partial charge in [-0.3, -0.25) is 4.98 Å². The molecule has 0 fully saturated rings. The number of alkyl halides is 3. The third-order valence-corrected chi connectivity index (χ3v) is 2.49. The van der Waals surface area contributed by atoms with Gasteiger partial charge in [0, 0.05) is 11.8 Å². The van der Waals surface area contributed by atoms with Crippen molar-refractivity contribution in [1.29, 1.82) is 5.26 Å². The molecule has 2 rings (SSSR count). The largest absolute Gasteiger partial charge is 0.507 e. The van der Waals surface area contributed by atoms with Crippen LogP contribution in [0, 0.1) is 11.3 Å². The van der Waals surface area contributed by atoms with Gasteiger partial charge in [0.1, 0.15) is 5.75 Å². The van der Waals surface area contributed by atoms with Crippen molar-refractivity contribution in [3.05, 3.63) is 47.7 Å². The van der Waals surface area contributed by atoms with Crippen LogP contribution in [0.2, 0.25) is 0 Å². The molecule has 0 bridgehead atoms. The van der Waals surface area contributed by atoms with Crippen LogP contribution in [0.3, 0.4) is 0 Å². The van der Waals surface area contributed by atoms with Gasteiger partial charge in [0.2, 0.25) is 0 Å². The van der Waals surface area contributed by atoms with E-state index in [4.69, 9.17) is 5.26 Å². The SMILES string of the molecule is N#Cc1ccnc(-c2ccc(C(F)(F)F)cc2O)c1. The van der Waals surface area contributed by atoms with E-state index in [1.54, 1.807) is 0 Å². The molecule has 0 spiro atoms. The lowest BCUT2D eigenvalue weighted by atomic mass is 10.1. The Hall–Kier alpha value is -2.55. The third kappa shape index (κ3) is 2.65. The van der Waals surface area contributed by atoms with Gasteiger partial charge in [-0.05, 0) is 30.3 Å². The van der Waals surface area contributed by atoms with Gasteiger partial charge in [-0.1, -0.05) is 0 Å². The van der Waals surface area contributed by atoms with Gasteiger partial charge in [-0.25, -0.2) is 0 Å². The second-order valence-corrected chi connectivity index (χ2v) is 3.77. The predicted molar refractivity (Wildman–Crippen MR) is 61.1 cm³/mol. The summed E-state index contributed by atoms with van der Waals surface area (Å²) in [6.07, 6.45) is -3.16. The molecule has 6 heteroatoms. The first-order valence-corrected chi connectivity index (χ1v) is 5.18. The van der Waals surface area contributed by atoms with Crippen molar-refractivity contribution < 1.29 is 18.3 Å². The number of rotatable bonds is 1. The molecule has 0 radical (unpaired) electrons. The molecule has 19 heavy (non-hydrogen) atoms. The zero-order valence-electron chi connectivity index (χ0n) is 9.44. The van der Waals surface area contributed by atoms with E-state index in [-0.39, 0.29) is 11.3 Å². The molecule has 3 nitrogen and oxygen atoms in total. The van der Waals surface area contributed by atoms with E-state index in [0.717, 1.165) is 12.1 Å². The van der Waals surface area contributed by atoms with Crippen molar-refractivity contribution in [2.75, 3.05) is 0 Å². The number of phenols is 1. The molecule has 0 atom stereocenters. The van der Waals surface area contributed by atoms with E-state index in [0.29, 0.717) is 11.6 Å². The summed E-state index contributed by atoms with van der Waals surface area (Å²) < 4.78 is 37.4. The molecule has 0 saturated heterocycles. The highest BCUT2D eigenvalue weighted by atomic mass is 19.4. The second-order valence-electron chi connectivity index (χ2n) is 3.77. The normalized spacial score (nSPS) is 11.1. The van der Waals surface area contributed by atoms with Crippen LogP contribution >= 0.6 is 0 Å².